The van der Waals surface area contributed by atoms with Crippen LogP contribution < -0.4 is 5.73 Å². The van der Waals surface area contributed by atoms with Gasteiger partial charge >= 0.3 is 0 Å². The van der Waals surface area contributed by atoms with Crippen LogP contribution in [0.1, 0.15) is 38.3 Å². The van der Waals surface area contributed by atoms with Gasteiger partial charge < -0.3 is 5.73 Å². The third-order valence-electron chi connectivity index (χ3n) is 3.78. The fourth-order valence-electron chi connectivity index (χ4n) is 2.48. The zero-order chi connectivity index (χ0) is 14.0. The van der Waals surface area contributed by atoms with Crippen LogP contribution in [0, 0.1) is 5.92 Å². The van der Waals surface area contributed by atoms with Gasteiger partial charge in [0.25, 0.3) is 0 Å². The summed E-state index contributed by atoms with van der Waals surface area (Å²) < 4.78 is 0. The number of benzene rings is 1. The Kier molecular flexibility index (Phi) is 5.13. The predicted octanol–water partition coefficient (Wildman–Crippen LogP) is 4.11. The molecule has 1 aromatic carbocycles. The second-order valence-electron chi connectivity index (χ2n) is 5.66. The van der Waals surface area contributed by atoms with E-state index >= 15 is 0 Å². The number of hydrogen-bond acceptors (Lipinski definition) is 2. The lowest BCUT2D eigenvalue weighted by atomic mass is 10.0. The van der Waals surface area contributed by atoms with Gasteiger partial charge in [0.15, 0.2) is 0 Å². The van der Waals surface area contributed by atoms with Crippen LogP contribution in [0.15, 0.2) is 18.2 Å². The average molecular weight is 301 g/mol. The highest BCUT2D eigenvalue weighted by Crippen LogP contribution is 2.34. The van der Waals surface area contributed by atoms with Crippen LogP contribution in [-0.2, 0) is 0 Å². The van der Waals surface area contributed by atoms with E-state index in [2.05, 4.69) is 18.7 Å². The number of nitrogens with zero attached hydrogens (tertiary/aromatic N) is 1. The monoisotopic (exact) mass is 300 g/mol. The molecule has 2 rings (SSSR count). The van der Waals surface area contributed by atoms with E-state index in [1.807, 2.05) is 18.2 Å². The summed E-state index contributed by atoms with van der Waals surface area (Å²) in [6.07, 6.45) is 2.70. The van der Waals surface area contributed by atoms with Crippen LogP contribution in [0.4, 0.5) is 0 Å². The summed E-state index contributed by atoms with van der Waals surface area (Å²) in [4.78, 5) is 2.48. The number of halogens is 2. The third-order valence-corrected chi connectivity index (χ3v) is 4.52. The second-order valence-corrected chi connectivity index (χ2v) is 6.47. The minimum atomic E-state index is 0.218. The van der Waals surface area contributed by atoms with Crippen LogP contribution in [0.5, 0.6) is 0 Å². The molecule has 1 aromatic rings. The Morgan fingerprint density at radius 2 is 1.95 bits per heavy atom. The Morgan fingerprint density at radius 1 is 1.26 bits per heavy atom. The minimum absolute atomic E-state index is 0.218. The van der Waals surface area contributed by atoms with Gasteiger partial charge in [-0.25, -0.2) is 0 Å². The van der Waals surface area contributed by atoms with E-state index in [-0.39, 0.29) is 6.04 Å². The maximum atomic E-state index is 6.13. The molecule has 2 N–H and O–H groups in total. The molecular weight excluding hydrogens is 279 g/mol. The molecule has 0 amide bonds. The molecule has 2 nitrogen and oxygen atoms in total. The number of nitrogens with two attached hydrogens (primary N) is 1. The smallest absolute Gasteiger partial charge is 0.0595 e. The van der Waals surface area contributed by atoms with Crippen LogP contribution in [0.3, 0.4) is 0 Å². The van der Waals surface area contributed by atoms with Gasteiger partial charge in [-0.15, -0.1) is 0 Å². The molecule has 1 saturated carbocycles. The first-order valence-corrected chi connectivity index (χ1v) is 7.69. The molecule has 1 aliphatic rings. The summed E-state index contributed by atoms with van der Waals surface area (Å²) in [6.45, 7) is 6.17. The molecule has 4 heteroatoms. The Bertz CT molecular complexity index is 430. The van der Waals surface area contributed by atoms with Crippen molar-refractivity contribution in [2.45, 2.75) is 38.8 Å². The topological polar surface area (TPSA) is 29.3 Å². The molecule has 0 radical (unpaired) electrons. The van der Waals surface area contributed by atoms with E-state index in [0.717, 1.165) is 18.0 Å². The minimum Gasteiger partial charge on any atom is -0.329 e. The lowest BCUT2D eigenvalue weighted by molar-refractivity contribution is 0.149. The molecular formula is C15H22Cl2N2. The predicted molar refractivity (Wildman–Crippen MR) is 82.8 cm³/mol. The van der Waals surface area contributed by atoms with E-state index < -0.39 is 0 Å². The molecule has 0 aromatic heterocycles. The van der Waals surface area contributed by atoms with Gasteiger partial charge in [-0.3, -0.25) is 4.90 Å². The zero-order valence-electron chi connectivity index (χ0n) is 11.6. The molecule has 19 heavy (non-hydrogen) atoms. The van der Waals surface area contributed by atoms with Crippen molar-refractivity contribution < 1.29 is 0 Å². The first-order valence-electron chi connectivity index (χ1n) is 6.93. The molecule has 106 valence electrons. The average Bonchev–Trinajstić information content (AvgIpc) is 3.17. The maximum absolute atomic E-state index is 6.13. The van der Waals surface area contributed by atoms with Crippen molar-refractivity contribution in [3.63, 3.8) is 0 Å². The van der Waals surface area contributed by atoms with Gasteiger partial charge in [0.2, 0.25) is 0 Å². The first-order chi connectivity index (χ1) is 9.02. The maximum Gasteiger partial charge on any atom is 0.0595 e. The van der Waals surface area contributed by atoms with Gasteiger partial charge in [-0.2, -0.15) is 0 Å². The van der Waals surface area contributed by atoms with Crippen LogP contribution >= 0.6 is 23.2 Å². The standard InChI is InChI=1S/C15H22Cl2N2/c1-10(2)19(9-11-3-4-11)15(8-18)12-5-6-13(16)14(17)7-12/h5-7,10-11,15H,3-4,8-9,18H2,1-2H3. The van der Waals surface area contributed by atoms with E-state index in [0.29, 0.717) is 22.6 Å². The lowest BCUT2D eigenvalue weighted by Gasteiger charge is -2.35. The fourth-order valence-corrected chi connectivity index (χ4v) is 2.79. The normalized spacial score (nSPS) is 17.2. The number of hydrogen-bond donors (Lipinski definition) is 1. The van der Waals surface area contributed by atoms with Gasteiger partial charge in [-0.1, -0.05) is 29.3 Å². The van der Waals surface area contributed by atoms with Crippen LogP contribution in [-0.4, -0.2) is 24.0 Å². The van der Waals surface area contributed by atoms with Crippen molar-refractivity contribution in [2.75, 3.05) is 13.1 Å². The Hall–Kier alpha value is -0.280. The molecule has 1 fully saturated rings. The summed E-state index contributed by atoms with van der Waals surface area (Å²) in [7, 11) is 0. The lowest BCUT2D eigenvalue weighted by Crippen LogP contribution is -2.40. The Balaban J connectivity index is 2.21. The van der Waals surface area contributed by atoms with E-state index in [9.17, 15) is 0 Å². The summed E-state index contributed by atoms with van der Waals surface area (Å²) in [5, 5.41) is 1.20. The highest BCUT2D eigenvalue weighted by Gasteiger charge is 2.29. The third kappa shape index (κ3) is 3.85. The second kappa shape index (κ2) is 6.45. The van der Waals surface area contributed by atoms with E-state index in [1.54, 1.807) is 0 Å². The SMILES string of the molecule is CC(C)N(CC1CC1)C(CN)c1ccc(Cl)c(Cl)c1. The summed E-state index contributed by atoms with van der Waals surface area (Å²) in [6, 6.07) is 6.54. The molecule has 0 heterocycles. The van der Waals surface area contributed by atoms with Gasteiger partial charge in [0.1, 0.15) is 0 Å². The highest BCUT2D eigenvalue weighted by molar-refractivity contribution is 6.42. The van der Waals surface area contributed by atoms with Crippen molar-refractivity contribution in [1.29, 1.82) is 0 Å². The van der Waals surface area contributed by atoms with Crippen molar-refractivity contribution >= 4 is 23.2 Å². The molecule has 0 aliphatic heterocycles. The Labute approximate surface area is 125 Å². The quantitative estimate of drug-likeness (QED) is 0.856. The summed E-state index contributed by atoms with van der Waals surface area (Å²) >= 11 is 12.1. The van der Waals surface area contributed by atoms with Crippen LogP contribution in [0.25, 0.3) is 0 Å². The first kappa shape index (κ1) is 15.1. The van der Waals surface area contributed by atoms with Crippen LogP contribution in [0.2, 0.25) is 10.0 Å². The number of rotatable bonds is 6. The molecule has 1 unspecified atom stereocenters. The molecule has 0 bridgehead atoms. The molecule has 1 aliphatic carbocycles. The summed E-state index contributed by atoms with van der Waals surface area (Å²) in [5.41, 5.74) is 7.17. The van der Waals surface area contributed by atoms with Gasteiger partial charge in [-0.05, 0) is 50.3 Å². The van der Waals surface area contributed by atoms with Crippen molar-refractivity contribution in [3.8, 4) is 0 Å². The molecule has 0 saturated heterocycles. The van der Waals surface area contributed by atoms with E-state index in [1.165, 1.54) is 12.8 Å². The highest BCUT2D eigenvalue weighted by atomic mass is 35.5. The van der Waals surface area contributed by atoms with Gasteiger partial charge in [0.05, 0.1) is 10.0 Å². The van der Waals surface area contributed by atoms with Crippen molar-refractivity contribution in [1.82, 2.24) is 4.90 Å². The zero-order valence-corrected chi connectivity index (χ0v) is 13.1. The Morgan fingerprint density at radius 3 is 2.42 bits per heavy atom. The fraction of sp³-hybridized carbons (Fsp3) is 0.600. The summed E-state index contributed by atoms with van der Waals surface area (Å²) in [5.74, 6) is 0.847. The van der Waals surface area contributed by atoms with Gasteiger partial charge in [0, 0.05) is 25.2 Å². The largest absolute Gasteiger partial charge is 0.329 e. The van der Waals surface area contributed by atoms with Crippen molar-refractivity contribution in [3.05, 3.63) is 33.8 Å². The molecule has 1 atom stereocenters. The van der Waals surface area contributed by atoms with Crippen molar-refractivity contribution in [2.24, 2.45) is 11.7 Å². The molecule has 0 spiro atoms. The van der Waals surface area contributed by atoms with E-state index in [4.69, 9.17) is 28.9 Å².